The number of ether oxygens (including phenoxy) is 4. The summed E-state index contributed by atoms with van der Waals surface area (Å²) in [6.07, 6.45) is 3.21. The molecule has 6 heteroatoms. The maximum Gasteiger partial charge on any atom is 0.165 e. The summed E-state index contributed by atoms with van der Waals surface area (Å²) in [6, 6.07) is 16.5. The summed E-state index contributed by atoms with van der Waals surface area (Å²) in [6.45, 7) is 2.64. The average Bonchev–Trinajstić information content (AvgIpc) is 3.19. The van der Waals surface area contributed by atoms with Gasteiger partial charge in [0.1, 0.15) is 0 Å². The van der Waals surface area contributed by atoms with E-state index in [1.54, 1.807) is 28.4 Å². The van der Waals surface area contributed by atoms with Gasteiger partial charge in [0.15, 0.2) is 23.0 Å². The van der Waals surface area contributed by atoms with Crippen molar-refractivity contribution in [1.82, 2.24) is 9.47 Å². The molecule has 0 amide bonds. The number of benzene rings is 2. The van der Waals surface area contributed by atoms with Crippen LogP contribution in [0, 0.1) is 0 Å². The lowest BCUT2D eigenvalue weighted by atomic mass is 9.99. The number of rotatable bonds is 7. The Hall–Kier alpha value is -3.12. The molecule has 0 aliphatic carbocycles. The van der Waals surface area contributed by atoms with Crippen LogP contribution in [0.5, 0.6) is 23.0 Å². The van der Waals surface area contributed by atoms with Gasteiger partial charge < -0.3 is 23.5 Å². The van der Waals surface area contributed by atoms with Gasteiger partial charge in [-0.3, -0.25) is 4.90 Å². The first kappa shape index (κ1) is 21.1. The van der Waals surface area contributed by atoms with Crippen LogP contribution in [0.4, 0.5) is 0 Å². The SMILES string of the molecule is COc1cccc(CN2CCCn3cccc3C2c2cccc(OC)c2OC)c1OC. The molecule has 1 aliphatic heterocycles. The largest absolute Gasteiger partial charge is 0.493 e. The minimum absolute atomic E-state index is 0.0125. The fourth-order valence-corrected chi connectivity index (χ4v) is 4.59. The number of fused-ring (bicyclic) bond motifs is 1. The second-order valence-electron chi connectivity index (χ2n) is 7.59. The van der Waals surface area contributed by atoms with E-state index >= 15 is 0 Å². The van der Waals surface area contributed by atoms with Crippen molar-refractivity contribution in [3.05, 3.63) is 71.5 Å². The predicted molar refractivity (Wildman–Crippen MR) is 120 cm³/mol. The smallest absolute Gasteiger partial charge is 0.165 e. The zero-order valence-electron chi connectivity index (χ0n) is 18.6. The van der Waals surface area contributed by atoms with Crippen LogP contribution in [0.1, 0.15) is 29.3 Å². The van der Waals surface area contributed by atoms with E-state index < -0.39 is 0 Å². The van der Waals surface area contributed by atoms with E-state index in [2.05, 4.69) is 39.9 Å². The first-order valence-corrected chi connectivity index (χ1v) is 10.5. The molecule has 1 aromatic heterocycles. The Morgan fingerprint density at radius 3 is 2.19 bits per heavy atom. The molecule has 0 radical (unpaired) electrons. The highest BCUT2D eigenvalue weighted by molar-refractivity contribution is 5.51. The quantitative estimate of drug-likeness (QED) is 0.560. The monoisotopic (exact) mass is 422 g/mol. The second-order valence-corrected chi connectivity index (χ2v) is 7.59. The number of nitrogens with zero attached hydrogens (tertiary/aromatic N) is 2. The van der Waals surface area contributed by atoms with Crippen LogP contribution in [0.15, 0.2) is 54.7 Å². The lowest BCUT2D eigenvalue weighted by Gasteiger charge is -2.32. The molecule has 2 aromatic carbocycles. The van der Waals surface area contributed by atoms with Crippen molar-refractivity contribution in [2.45, 2.75) is 25.6 Å². The van der Waals surface area contributed by atoms with Gasteiger partial charge in [0.05, 0.1) is 34.5 Å². The maximum atomic E-state index is 5.83. The molecule has 6 nitrogen and oxygen atoms in total. The number of para-hydroxylation sites is 2. The molecule has 1 atom stereocenters. The molecule has 0 saturated heterocycles. The zero-order valence-corrected chi connectivity index (χ0v) is 18.6. The van der Waals surface area contributed by atoms with E-state index in [-0.39, 0.29) is 6.04 Å². The molecule has 0 fully saturated rings. The van der Waals surface area contributed by atoms with Gasteiger partial charge in [0.2, 0.25) is 0 Å². The Balaban J connectivity index is 1.83. The average molecular weight is 423 g/mol. The van der Waals surface area contributed by atoms with Crippen LogP contribution in [0.25, 0.3) is 0 Å². The fourth-order valence-electron chi connectivity index (χ4n) is 4.59. The fraction of sp³-hybridized carbons (Fsp3) is 0.360. The van der Waals surface area contributed by atoms with Crippen molar-refractivity contribution in [1.29, 1.82) is 0 Å². The maximum absolute atomic E-state index is 5.83. The van der Waals surface area contributed by atoms with Gasteiger partial charge in [-0.15, -0.1) is 0 Å². The Kier molecular flexibility index (Phi) is 6.37. The molecular weight excluding hydrogens is 392 g/mol. The summed E-state index contributed by atoms with van der Waals surface area (Å²) in [7, 11) is 6.74. The van der Waals surface area contributed by atoms with Crippen molar-refractivity contribution in [2.24, 2.45) is 0 Å². The molecular formula is C25H30N2O4. The molecule has 0 spiro atoms. The highest BCUT2D eigenvalue weighted by atomic mass is 16.5. The molecule has 31 heavy (non-hydrogen) atoms. The van der Waals surface area contributed by atoms with E-state index in [0.29, 0.717) is 0 Å². The number of aryl methyl sites for hydroxylation is 1. The summed E-state index contributed by atoms with van der Waals surface area (Å²) in [5, 5.41) is 0. The third-order valence-corrected chi connectivity index (χ3v) is 5.94. The molecule has 164 valence electrons. The molecule has 4 rings (SSSR count). The van der Waals surface area contributed by atoms with Gasteiger partial charge in [-0.25, -0.2) is 0 Å². The Bertz CT molecular complexity index is 1030. The van der Waals surface area contributed by atoms with Gasteiger partial charge in [-0.05, 0) is 30.7 Å². The van der Waals surface area contributed by atoms with Crippen LogP contribution >= 0.6 is 0 Å². The molecule has 3 aromatic rings. The molecule has 0 saturated carbocycles. The van der Waals surface area contributed by atoms with Gasteiger partial charge in [-0.1, -0.05) is 24.3 Å². The van der Waals surface area contributed by atoms with Crippen molar-refractivity contribution in [3.8, 4) is 23.0 Å². The number of methoxy groups -OCH3 is 4. The topological polar surface area (TPSA) is 45.1 Å². The predicted octanol–water partition coefficient (Wildman–Crippen LogP) is 4.52. The number of hydrogen-bond acceptors (Lipinski definition) is 5. The standard InChI is InChI=1S/C25H30N2O4/c1-28-21-12-5-9-18(24(21)30-3)17-27-16-8-15-26-14-7-11-20(26)23(27)19-10-6-13-22(29-2)25(19)31-4/h5-7,9-14,23H,8,15-17H2,1-4H3. The molecule has 0 bridgehead atoms. The summed E-state index contributed by atoms with van der Waals surface area (Å²) in [4.78, 5) is 2.48. The molecule has 1 unspecified atom stereocenters. The molecule has 2 heterocycles. The zero-order chi connectivity index (χ0) is 21.8. The van der Waals surface area contributed by atoms with Crippen molar-refractivity contribution in [3.63, 3.8) is 0 Å². The number of aromatic nitrogens is 1. The third-order valence-electron chi connectivity index (χ3n) is 5.94. The van der Waals surface area contributed by atoms with E-state index in [9.17, 15) is 0 Å². The first-order chi connectivity index (χ1) is 15.2. The Morgan fingerprint density at radius 2 is 1.48 bits per heavy atom. The summed E-state index contributed by atoms with van der Waals surface area (Å²) in [5.41, 5.74) is 3.42. The van der Waals surface area contributed by atoms with Crippen LogP contribution in [0.2, 0.25) is 0 Å². The van der Waals surface area contributed by atoms with E-state index in [0.717, 1.165) is 60.2 Å². The Morgan fingerprint density at radius 1 is 0.774 bits per heavy atom. The lowest BCUT2D eigenvalue weighted by Crippen LogP contribution is -2.30. The van der Waals surface area contributed by atoms with Crippen LogP contribution in [-0.4, -0.2) is 44.5 Å². The molecule has 1 aliphatic rings. The summed E-state index contributed by atoms with van der Waals surface area (Å²) < 4.78 is 25.0. The lowest BCUT2D eigenvalue weighted by molar-refractivity contribution is 0.211. The van der Waals surface area contributed by atoms with Gasteiger partial charge in [0, 0.05) is 42.7 Å². The van der Waals surface area contributed by atoms with Crippen molar-refractivity contribution >= 4 is 0 Å². The minimum Gasteiger partial charge on any atom is -0.493 e. The van der Waals surface area contributed by atoms with E-state index in [4.69, 9.17) is 18.9 Å². The van der Waals surface area contributed by atoms with Crippen LogP contribution < -0.4 is 18.9 Å². The van der Waals surface area contributed by atoms with Gasteiger partial charge >= 0.3 is 0 Å². The first-order valence-electron chi connectivity index (χ1n) is 10.5. The second kappa shape index (κ2) is 9.35. The van der Waals surface area contributed by atoms with Crippen LogP contribution in [-0.2, 0) is 13.1 Å². The Labute approximate surface area is 183 Å². The van der Waals surface area contributed by atoms with Gasteiger partial charge in [-0.2, -0.15) is 0 Å². The molecule has 0 N–H and O–H groups in total. The third kappa shape index (κ3) is 3.95. The highest BCUT2D eigenvalue weighted by Crippen LogP contribution is 2.42. The summed E-state index contributed by atoms with van der Waals surface area (Å²) >= 11 is 0. The van der Waals surface area contributed by atoms with Gasteiger partial charge in [0.25, 0.3) is 0 Å². The van der Waals surface area contributed by atoms with Crippen molar-refractivity contribution < 1.29 is 18.9 Å². The van der Waals surface area contributed by atoms with Crippen LogP contribution in [0.3, 0.4) is 0 Å². The normalized spacial score (nSPS) is 16.3. The van der Waals surface area contributed by atoms with Crippen molar-refractivity contribution in [2.75, 3.05) is 35.0 Å². The minimum atomic E-state index is 0.0125. The van der Waals surface area contributed by atoms with E-state index in [1.165, 1.54) is 5.69 Å². The highest BCUT2D eigenvalue weighted by Gasteiger charge is 2.31. The summed E-state index contributed by atoms with van der Waals surface area (Å²) in [5.74, 6) is 3.03. The van der Waals surface area contributed by atoms with E-state index in [1.807, 2.05) is 24.3 Å². The number of hydrogen-bond donors (Lipinski definition) is 0.